The van der Waals surface area contributed by atoms with Crippen LogP contribution in [0.1, 0.15) is 43.7 Å². The fraction of sp³-hybridized carbons (Fsp3) is 0.235. The van der Waals surface area contributed by atoms with Crippen molar-refractivity contribution in [3.63, 3.8) is 0 Å². The monoisotopic (exact) mass is 515 g/mol. The van der Waals surface area contributed by atoms with Crippen LogP contribution in [0.25, 0.3) is 21.8 Å². The zero-order valence-corrected chi connectivity index (χ0v) is 23.2. The van der Waals surface area contributed by atoms with Crippen LogP contribution in [0.2, 0.25) is 0 Å². The van der Waals surface area contributed by atoms with Gasteiger partial charge >= 0.3 is 0 Å². The van der Waals surface area contributed by atoms with Gasteiger partial charge in [0, 0.05) is 42.4 Å². The molecule has 0 amide bonds. The van der Waals surface area contributed by atoms with Gasteiger partial charge in [0.2, 0.25) is 0 Å². The van der Waals surface area contributed by atoms with Crippen LogP contribution in [-0.4, -0.2) is 31.1 Å². The first kappa shape index (κ1) is 26.2. The van der Waals surface area contributed by atoms with E-state index in [0.29, 0.717) is 0 Å². The molecule has 0 spiro atoms. The quantitative estimate of drug-likeness (QED) is 0.101. The van der Waals surface area contributed by atoms with Crippen molar-refractivity contribution in [2.75, 3.05) is 24.1 Å². The van der Waals surface area contributed by atoms with Crippen molar-refractivity contribution in [1.82, 2.24) is 4.57 Å². The van der Waals surface area contributed by atoms with Crippen molar-refractivity contribution >= 4 is 45.6 Å². The molecule has 5 aromatic rings. The van der Waals surface area contributed by atoms with E-state index in [1.165, 1.54) is 47.5 Å². The highest BCUT2D eigenvalue weighted by atomic mass is 15.4. The predicted octanol–water partition coefficient (Wildman–Crippen LogP) is 8.32. The number of para-hydroxylation sites is 2. The summed E-state index contributed by atoms with van der Waals surface area (Å²) in [4.78, 5) is 0. The van der Waals surface area contributed by atoms with Gasteiger partial charge in [-0.15, -0.1) is 0 Å². The number of anilines is 2. The molecule has 0 saturated heterocycles. The molecule has 0 atom stereocenters. The Bertz CT molecular complexity index is 1450. The van der Waals surface area contributed by atoms with Crippen LogP contribution in [0.5, 0.6) is 0 Å². The topological polar surface area (TPSA) is 36.1 Å². The molecule has 198 valence electrons. The first-order valence-electron chi connectivity index (χ1n) is 13.9. The van der Waals surface area contributed by atoms with E-state index in [1.807, 2.05) is 72.9 Å². The van der Waals surface area contributed by atoms with E-state index in [0.717, 1.165) is 29.0 Å². The molecule has 1 aromatic heterocycles. The Morgan fingerprint density at radius 3 is 1.56 bits per heavy atom. The third kappa shape index (κ3) is 6.20. The lowest BCUT2D eigenvalue weighted by Crippen LogP contribution is -2.08. The van der Waals surface area contributed by atoms with Gasteiger partial charge in [-0.25, -0.2) is 0 Å². The molecule has 0 aliphatic carbocycles. The van der Waals surface area contributed by atoms with Crippen LogP contribution in [0.3, 0.4) is 0 Å². The number of nitrogens with zero attached hydrogens (tertiary/aromatic N) is 5. The first-order chi connectivity index (χ1) is 19.1. The molecule has 5 rings (SSSR count). The average molecular weight is 516 g/mol. The number of aromatic nitrogens is 1. The van der Waals surface area contributed by atoms with Crippen molar-refractivity contribution in [3.8, 4) is 0 Å². The smallest absolute Gasteiger partial charge is 0.0590 e. The lowest BCUT2D eigenvalue weighted by Gasteiger charge is -2.12. The van der Waals surface area contributed by atoms with Gasteiger partial charge in [0.25, 0.3) is 0 Å². The van der Waals surface area contributed by atoms with Gasteiger partial charge in [-0.05, 0) is 66.1 Å². The van der Waals surface area contributed by atoms with E-state index in [2.05, 4.69) is 72.2 Å². The molecule has 0 bridgehead atoms. The predicted molar refractivity (Wildman–Crippen MR) is 168 cm³/mol. The van der Waals surface area contributed by atoms with Gasteiger partial charge in [-0.2, -0.15) is 10.2 Å². The molecule has 1 heterocycles. The summed E-state index contributed by atoms with van der Waals surface area (Å²) in [6.07, 6.45) is 8.84. The molecule has 0 unspecified atom stereocenters. The van der Waals surface area contributed by atoms with Crippen LogP contribution >= 0.6 is 0 Å². The Morgan fingerprint density at radius 2 is 1.10 bits per heavy atom. The summed E-state index contributed by atoms with van der Waals surface area (Å²) in [6.45, 7) is 3.28. The largest absolute Gasteiger partial charge is 0.340 e. The second-order valence-corrected chi connectivity index (χ2v) is 9.97. The van der Waals surface area contributed by atoms with Gasteiger partial charge in [0.05, 0.1) is 23.8 Å². The Labute approximate surface area is 231 Å². The fourth-order valence-corrected chi connectivity index (χ4v) is 4.96. The van der Waals surface area contributed by atoms with E-state index in [4.69, 9.17) is 10.2 Å². The highest BCUT2D eigenvalue weighted by Crippen LogP contribution is 2.31. The normalized spacial score (nSPS) is 11.8. The van der Waals surface area contributed by atoms with Gasteiger partial charge in [-0.1, -0.05) is 74.7 Å². The SMILES string of the molecule is CCCCCCn1c2ccc(/C=N/N(C)c3ccccc3)cc2c2cc(/C=N/N(C)c3ccccc3)ccc21. The Morgan fingerprint density at radius 1 is 0.615 bits per heavy atom. The number of fused-ring (bicyclic) bond motifs is 3. The molecule has 0 aliphatic rings. The summed E-state index contributed by atoms with van der Waals surface area (Å²) in [5, 5.41) is 15.7. The maximum Gasteiger partial charge on any atom is 0.0590 e. The molecule has 0 N–H and O–H groups in total. The molecule has 5 nitrogen and oxygen atoms in total. The van der Waals surface area contributed by atoms with E-state index in [9.17, 15) is 0 Å². The lowest BCUT2D eigenvalue weighted by atomic mass is 10.1. The number of unbranched alkanes of at least 4 members (excludes halogenated alkanes) is 3. The van der Waals surface area contributed by atoms with Crippen LogP contribution in [0.4, 0.5) is 11.4 Å². The molecule has 0 saturated carbocycles. The average Bonchev–Trinajstić information content (AvgIpc) is 3.29. The number of hydrogen-bond acceptors (Lipinski definition) is 4. The molecular weight excluding hydrogens is 478 g/mol. The van der Waals surface area contributed by atoms with Gasteiger partial charge in [0.15, 0.2) is 0 Å². The third-order valence-corrected chi connectivity index (χ3v) is 7.17. The number of hydrazone groups is 2. The van der Waals surface area contributed by atoms with E-state index in [-0.39, 0.29) is 0 Å². The second-order valence-electron chi connectivity index (χ2n) is 9.97. The summed E-state index contributed by atoms with van der Waals surface area (Å²) < 4.78 is 2.48. The fourth-order valence-electron chi connectivity index (χ4n) is 4.96. The standard InChI is InChI=1S/C34H37N5/c1-4-5-6-13-22-39-33-20-18-27(25-35-37(2)29-14-9-7-10-15-29)23-31(33)32-24-28(19-21-34(32)39)26-36-38(3)30-16-11-8-12-17-30/h7-12,14-21,23-26H,4-6,13,22H2,1-3H3/b35-25+,36-26+. The maximum atomic E-state index is 4.70. The second kappa shape index (κ2) is 12.4. The molecule has 0 fully saturated rings. The van der Waals surface area contributed by atoms with Gasteiger partial charge < -0.3 is 4.57 Å². The Kier molecular flexibility index (Phi) is 8.37. The van der Waals surface area contributed by atoms with Crippen molar-refractivity contribution in [2.45, 2.75) is 39.2 Å². The zero-order chi connectivity index (χ0) is 27.0. The van der Waals surface area contributed by atoms with Crippen molar-refractivity contribution in [1.29, 1.82) is 0 Å². The number of hydrogen-bond donors (Lipinski definition) is 0. The van der Waals surface area contributed by atoms with Crippen molar-refractivity contribution < 1.29 is 0 Å². The van der Waals surface area contributed by atoms with E-state index >= 15 is 0 Å². The Hall–Kier alpha value is -4.38. The minimum absolute atomic E-state index is 1.02. The van der Waals surface area contributed by atoms with Crippen LogP contribution < -0.4 is 10.0 Å². The summed E-state index contributed by atoms with van der Waals surface area (Å²) >= 11 is 0. The molecule has 0 radical (unpaired) electrons. The molecular formula is C34H37N5. The summed E-state index contributed by atoms with van der Waals surface area (Å²) in [5.41, 5.74) is 6.82. The van der Waals surface area contributed by atoms with Crippen molar-refractivity contribution in [3.05, 3.63) is 108 Å². The third-order valence-electron chi connectivity index (χ3n) is 7.17. The maximum absolute atomic E-state index is 4.70. The Balaban J connectivity index is 1.49. The molecule has 5 heteroatoms. The molecule has 39 heavy (non-hydrogen) atoms. The highest BCUT2D eigenvalue weighted by Gasteiger charge is 2.12. The van der Waals surface area contributed by atoms with E-state index < -0.39 is 0 Å². The van der Waals surface area contributed by atoms with Crippen LogP contribution in [0, 0.1) is 0 Å². The minimum Gasteiger partial charge on any atom is -0.340 e. The summed E-state index contributed by atoms with van der Waals surface area (Å²) in [7, 11) is 3.95. The highest BCUT2D eigenvalue weighted by molar-refractivity contribution is 6.11. The first-order valence-corrected chi connectivity index (χ1v) is 13.9. The summed E-state index contributed by atoms with van der Waals surface area (Å²) in [6, 6.07) is 33.8. The minimum atomic E-state index is 1.02. The number of benzene rings is 4. The van der Waals surface area contributed by atoms with Gasteiger partial charge in [-0.3, -0.25) is 10.0 Å². The van der Waals surface area contributed by atoms with E-state index in [1.54, 1.807) is 0 Å². The van der Waals surface area contributed by atoms with Crippen LogP contribution in [0.15, 0.2) is 107 Å². The summed E-state index contributed by atoms with van der Waals surface area (Å²) in [5.74, 6) is 0. The zero-order valence-electron chi connectivity index (χ0n) is 23.2. The molecule has 0 aliphatic heterocycles. The van der Waals surface area contributed by atoms with Crippen molar-refractivity contribution in [2.24, 2.45) is 10.2 Å². The molecule has 4 aromatic carbocycles. The van der Waals surface area contributed by atoms with Crippen LogP contribution in [-0.2, 0) is 6.54 Å². The lowest BCUT2D eigenvalue weighted by molar-refractivity contribution is 0.602. The van der Waals surface area contributed by atoms with Gasteiger partial charge in [0.1, 0.15) is 0 Å². The number of aryl methyl sites for hydroxylation is 1. The number of rotatable bonds is 11.